The monoisotopic (exact) mass is 203 g/mol. The largest absolute Gasteiger partial charge is 0.480 e. The van der Waals surface area contributed by atoms with Crippen LogP contribution in [0.25, 0.3) is 0 Å². The molecule has 0 rings (SSSR count). The van der Waals surface area contributed by atoms with Crippen molar-refractivity contribution in [1.82, 2.24) is 5.32 Å². The highest BCUT2D eigenvalue weighted by molar-refractivity contribution is 5.80. The van der Waals surface area contributed by atoms with Crippen molar-refractivity contribution in [1.29, 1.82) is 0 Å². The van der Waals surface area contributed by atoms with Gasteiger partial charge in [0, 0.05) is 0 Å². The minimum atomic E-state index is -1.06. The third kappa shape index (κ3) is 4.11. The minimum absolute atomic E-state index is 0.225. The number of nitrogens with one attached hydrogen (secondary N) is 1. The highest BCUT2D eigenvalue weighted by Crippen LogP contribution is 2.19. The second-order valence-corrected chi connectivity index (χ2v) is 4.00. The fraction of sp³-hybridized carbons (Fsp3) is 0.778. The van der Waals surface area contributed by atoms with Crippen molar-refractivity contribution in [2.45, 2.75) is 33.7 Å². The number of carboxylic acid groups (broad SMARTS) is 1. The van der Waals surface area contributed by atoms with Gasteiger partial charge in [0.25, 0.3) is 0 Å². The third-order valence-electron chi connectivity index (χ3n) is 1.65. The summed E-state index contributed by atoms with van der Waals surface area (Å²) < 4.78 is 4.60. The predicted octanol–water partition coefficient (Wildman–Crippen LogP) is 1.23. The van der Waals surface area contributed by atoms with E-state index >= 15 is 0 Å². The van der Waals surface area contributed by atoms with E-state index in [4.69, 9.17) is 5.11 Å². The van der Waals surface area contributed by atoms with E-state index in [0.29, 0.717) is 0 Å². The maximum atomic E-state index is 11.0. The number of carbonyl (C=O) groups excluding carboxylic acids is 1. The number of hydrogen-bond donors (Lipinski definition) is 2. The normalized spacial score (nSPS) is 13.1. The molecule has 0 saturated carbocycles. The summed E-state index contributed by atoms with van der Waals surface area (Å²) in [5.74, 6) is -1.06. The molecule has 0 spiro atoms. The van der Waals surface area contributed by atoms with Gasteiger partial charge in [-0.25, -0.2) is 9.59 Å². The van der Waals surface area contributed by atoms with Gasteiger partial charge < -0.3 is 15.2 Å². The molecule has 0 aliphatic rings. The van der Waals surface area contributed by atoms with E-state index in [2.05, 4.69) is 10.1 Å². The Kier molecular flexibility index (Phi) is 4.40. The molecular weight excluding hydrogens is 186 g/mol. The van der Waals surface area contributed by atoms with Crippen molar-refractivity contribution in [3.63, 3.8) is 0 Å². The second-order valence-electron chi connectivity index (χ2n) is 4.00. The molecule has 1 amide bonds. The van der Waals surface area contributed by atoms with E-state index in [0.717, 1.165) is 0 Å². The topological polar surface area (TPSA) is 75.6 Å². The number of ether oxygens (including phenoxy) is 1. The Bertz CT molecular complexity index is 219. The number of rotatable bonds is 3. The van der Waals surface area contributed by atoms with Crippen LogP contribution in [0.3, 0.4) is 0 Å². The molecule has 5 heteroatoms. The summed E-state index contributed by atoms with van der Waals surface area (Å²) in [5.41, 5.74) is -0.543. The van der Waals surface area contributed by atoms with Crippen molar-refractivity contribution >= 4 is 12.1 Å². The lowest BCUT2D eigenvalue weighted by Gasteiger charge is -2.27. The summed E-state index contributed by atoms with van der Waals surface area (Å²) in [6, 6.07) is -0.943. The molecule has 1 atom stereocenters. The summed E-state index contributed by atoms with van der Waals surface area (Å²) in [5, 5.41) is 11.2. The summed E-state index contributed by atoms with van der Waals surface area (Å²) in [7, 11) is 0. The predicted molar refractivity (Wildman–Crippen MR) is 51.0 cm³/mol. The van der Waals surface area contributed by atoms with Crippen molar-refractivity contribution < 1.29 is 19.4 Å². The van der Waals surface area contributed by atoms with Crippen LogP contribution in [0.15, 0.2) is 0 Å². The Balaban J connectivity index is 4.40. The van der Waals surface area contributed by atoms with Gasteiger partial charge >= 0.3 is 12.1 Å². The van der Waals surface area contributed by atoms with E-state index < -0.39 is 23.5 Å². The summed E-state index contributed by atoms with van der Waals surface area (Å²) in [6.45, 7) is 7.09. The average Bonchev–Trinajstić information content (AvgIpc) is 1.98. The van der Waals surface area contributed by atoms with Gasteiger partial charge in [-0.3, -0.25) is 0 Å². The van der Waals surface area contributed by atoms with Crippen molar-refractivity contribution in [3.8, 4) is 0 Å². The van der Waals surface area contributed by atoms with Gasteiger partial charge in [-0.1, -0.05) is 20.8 Å². The number of aliphatic carboxylic acids is 1. The Morgan fingerprint density at radius 2 is 1.93 bits per heavy atom. The van der Waals surface area contributed by atoms with E-state index in [9.17, 15) is 9.59 Å². The molecule has 0 saturated heterocycles. The van der Waals surface area contributed by atoms with Crippen LogP contribution in [0.2, 0.25) is 0 Å². The fourth-order valence-electron chi connectivity index (χ4n) is 0.939. The van der Waals surface area contributed by atoms with Crippen LogP contribution in [-0.4, -0.2) is 29.8 Å². The molecule has 0 bridgehead atoms. The highest BCUT2D eigenvalue weighted by atomic mass is 16.5. The van der Waals surface area contributed by atoms with Crippen LogP contribution in [-0.2, 0) is 9.53 Å². The van der Waals surface area contributed by atoms with Crippen LogP contribution < -0.4 is 5.32 Å². The molecule has 0 aliphatic carbocycles. The van der Waals surface area contributed by atoms with Gasteiger partial charge in [0.15, 0.2) is 0 Å². The standard InChI is InChI=1S/C9H17NO4/c1-5-14-8(13)10-6(7(11)12)9(2,3)4/h6H,5H2,1-4H3,(H,10,13)(H,11,12). The van der Waals surface area contributed by atoms with Gasteiger partial charge in [0.1, 0.15) is 6.04 Å². The zero-order chi connectivity index (χ0) is 11.4. The van der Waals surface area contributed by atoms with Crippen molar-refractivity contribution in [3.05, 3.63) is 0 Å². The van der Waals surface area contributed by atoms with Gasteiger partial charge in [-0.15, -0.1) is 0 Å². The molecular formula is C9H17NO4. The molecule has 14 heavy (non-hydrogen) atoms. The molecule has 0 radical (unpaired) electrons. The summed E-state index contributed by atoms with van der Waals surface area (Å²) in [4.78, 5) is 21.8. The molecule has 5 nitrogen and oxygen atoms in total. The Labute approximate surface area is 83.4 Å². The lowest BCUT2D eigenvalue weighted by atomic mass is 9.87. The molecule has 2 N–H and O–H groups in total. The number of carboxylic acids is 1. The number of amides is 1. The minimum Gasteiger partial charge on any atom is -0.480 e. The van der Waals surface area contributed by atoms with Crippen LogP contribution in [0.1, 0.15) is 27.7 Å². The lowest BCUT2D eigenvalue weighted by molar-refractivity contribution is -0.142. The van der Waals surface area contributed by atoms with E-state index in [-0.39, 0.29) is 6.61 Å². The third-order valence-corrected chi connectivity index (χ3v) is 1.65. The Hall–Kier alpha value is -1.26. The molecule has 0 aliphatic heterocycles. The Morgan fingerprint density at radius 1 is 1.43 bits per heavy atom. The average molecular weight is 203 g/mol. The van der Waals surface area contributed by atoms with E-state index in [1.165, 1.54) is 0 Å². The molecule has 0 aromatic heterocycles. The van der Waals surface area contributed by atoms with Crippen molar-refractivity contribution in [2.75, 3.05) is 6.61 Å². The SMILES string of the molecule is CCOC(=O)NC(C(=O)O)C(C)(C)C. The van der Waals surface area contributed by atoms with Crippen molar-refractivity contribution in [2.24, 2.45) is 5.41 Å². The van der Waals surface area contributed by atoms with Crippen LogP contribution in [0, 0.1) is 5.41 Å². The first-order chi connectivity index (χ1) is 6.29. The zero-order valence-corrected chi connectivity index (χ0v) is 8.96. The quantitative estimate of drug-likeness (QED) is 0.723. The molecule has 0 aromatic rings. The van der Waals surface area contributed by atoms with Gasteiger partial charge in [0.2, 0.25) is 0 Å². The molecule has 1 unspecified atom stereocenters. The Morgan fingerprint density at radius 3 is 2.21 bits per heavy atom. The van der Waals surface area contributed by atoms with Crippen LogP contribution in [0.4, 0.5) is 4.79 Å². The number of hydrogen-bond acceptors (Lipinski definition) is 3. The van der Waals surface area contributed by atoms with Gasteiger partial charge in [-0.05, 0) is 12.3 Å². The number of alkyl carbamates (subject to hydrolysis) is 1. The smallest absolute Gasteiger partial charge is 0.407 e. The van der Waals surface area contributed by atoms with Gasteiger partial charge in [0.05, 0.1) is 6.61 Å². The maximum Gasteiger partial charge on any atom is 0.407 e. The highest BCUT2D eigenvalue weighted by Gasteiger charge is 2.32. The lowest BCUT2D eigenvalue weighted by Crippen LogP contribution is -2.49. The molecule has 0 heterocycles. The summed E-state index contributed by atoms with van der Waals surface area (Å²) >= 11 is 0. The summed E-state index contributed by atoms with van der Waals surface area (Å²) in [6.07, 6.45) is -0.699. The first kappa shape index (κ1) is 12.7. The number of carbonyl (C=O) groups is 2. The van der Waals surface area contributed by atoms with Crippen LogP contribution >= 0.6 is 0 Å². The zero-order valence-electron chi connectivity index (χ0n) is 8.96. The van der Waals surface area contributed by atoms with E-state index in [1.807, 2.05) is 0 Å². The van der Waals surface area contributed by atoms with E-state index in [1.54, 1.807) is 27.7 Å². The first-order valence-electron chi connectivity index (χ1n) is 4.45. The molecule has 0 aromatic carbocycles. The fourth-order valence-corrected chi connectivity index (χ4v) is 0.939. The molecule has 0 fully saturated rings. The van der Waals surface area contributed by atoms with Gasteiger partial charge in [-0.2, -0.15) is 0 Å². The molecule has 82 valence electrons. The first-order valence-corrected chi connectivity index (χ1v) is 4.45. The second kappa shape index (κ2) is 4.83. The maximum absolute atomic E-state index is 11.0. The van der Waals surface area contributed by atoms with Crippen LogP contribution in [0.5, 0.6) is 0 Å².